The third-order valence-electron chi connectivity index (χ3n) is 2.82. The van der Waals surface area contributed by atoms with Gasteiger partial charge in [-0.15, -0.1) is 4.39 Å². The second kappa shape index (κ2) is 5.77. The van der Waals surface area contributed by atoms with Crippen molar-refractivity contribution in [3.8, 4) is 0 Å². The fraction of sp³-hybridized carbons (Fsp3) is 0.636. The summed E-state index contributed by atoms with van der Waals surface area (Å²) in [4.78, 5) is 0. The van der Waals surface area contributed by atoms with E-state index in [1.165, 1.54) is 0 Å². The van der Waals surface area contributed by atoms with Gasteiger partial charge in [-0.25, -0.2) is 4.39 Å². The summed E-state index contributed by atoms with van der Waals surface area (Å²) < 4.78 is 76.2. The minimum Gasteiger partial charge on any atom is -0.200 e. The zero-order valence-corrected chi connectivity index (χ0v) is 9.83. The minimum atomic E-state index is -3.19. The van der Waals surface area contributed by atoms with Gasteiger partial charge in [0.25, 0.3) is 5.83 Å². The van der Waals surface area contributed by atoms with Crippen LogP contribution in [0.3, 0.4) is 0 Å². The summed E-state index contributed by atoms with van der Waals surface area (Å²) in [5.41, 5.74) is 0. The second-order valence-electron chi connectivity index (χ2n) is 4.16. The lowest BCUT2D eigenvalue weighted by Crippen LogP contribution is -2.48. The van der Waals surface area contributed by atoms with Crippen LogP contribution in [0.15, 0.2) is 23.4 Å². The molecule has 0 aromatic carbocycles. The number of halogens is 6. The summed E-state index contributed by atoms with van der Waals surface area (Å²) in [6.07, 6.45) is -1.17. The molecule has 0 aromatic rings. The van der Waals surface area contributed by atoms with Gasteiger partial charge in [0.15, 0.2) is 0 Å². The number of hydrogen-bond donors (Lipinski definition) is 0. The van der Waals surface area contributed by atoms with Gasteiger partial charge in [0, 0.05) is 10.9 Å². The number of unbranched alkanes of at least 4 members (excludes halogenated alkanes) is 3. The van der Waals surface area contributed by atoms with Gasteiger partial charge in [0.05, 0.1) is 0 Å². The molecule has 0 radical (unpaired) electrons. The average molecular weight is 274 g/mol. The van der Waals surface area contributed by atoms with Crippen LogP contribution in [0.5, 0.6) is 0 Å². The summed E-state index contributed by atoms with van der Waals surface area (Å²) >= 11 is 0. The van der Waals surface area contributed by atoms with Crippen LogP contribution in [-0.2, 0) is 0 Å². The Morgan fingerprint density at radius 3 is 2.17 bits per heavy atom. The molecular weight excluding hydrogens is 260 g/mol. The Kier molecular flexibility index (Phi) is 4.84. The van der Waals surface area contributed by atoms with Crippen LogP contribution in [0.2, 0.25) is 0 Å². The van der Waals surface area contributed by atoms with Crippen molar-refractivity contribution < 1.29 is 31.1 Å². The van der Waals surface area contributed by atoms with E-state index in [4.69, 9.17) is 0 Å². The van der Waals surface area contributed by atoms with Gasteiger partial charge in [-0.1, -0.05) is 19.8 Å². The first-order chi connectivity index (χ1) is 8.36. The summed E-state index contributed by atoms with van der Waals surface area (Å²) in [6, 6.07) is 0. The Morgan fingerprint density at radius 2 is 1.61 bits per heavy atom. The first kappa shape index (κ1) is 15.1. The third-order valence-corrected chi connectivity index (χ3v) is 2.82. The van der Waals surface area contributed by atoms with Crippen molar-refractivity contribution in [2.75, 3.05) is 6.54 Å². The zero-order valence-electron chi connectivity index (χ0n) is 9.83. The molecule has 1 aliphatic rings. The van der Waals surface area contributed by atoms with Crippen LogP contribution in [0, 0.1) is 0 Å². The normalized spacial score (nSPS) is 29.2. The molecule has 0 amide bonds. The van der Waals surface area contributed by atoms with Crippen molar-refractivity contribution in [1.29, 1.82) is 0 Å². The Hall–Kier alpha value is -0.980. The largest absolute Gasteiger partial charge is 0.365 e. The first-order valence-electron chi connectivity index (χ1n) is 5.69. The van der Waals surface area contributed by atoms with Crippen LogP contribution < -0.4 is 0 Å². The van der Waals surface area contributed by atoms with Crippen molar-refractivity contribution >= 4 is 0 Å². The maximum Gasteiger partial charge on any atom is 0.365 e. The molecule has 2 unspecified atom stereocenters. The van der Waals surface area contributed by atoms with Gasteiger partial charge < -0.3 is 0 Å². The van der Waals surface area contributed by atoms with E-state index in [-0.39, 0.29) is 6.42 Å². The number of alkyl halides is 1. The van der Waals surface area contributed by atoms with E-state index in [0.717, 1.165) is 6.42 Å². The van der Waals surface area contributed by atoms with Crippen molar-refractivity contribution in [2.24, 2.45) is 0 Å². The molecule has 0 spiro atoms. The van der Waals surface area contributed by atoms with Gasteiger partial charge in [0.1, 0.15) is 6.54 Å². The molecule has 0 aromatic heterocycles. The van der Waals surface area contributed by atoms with Crippen LogP contribution in [0.1, 0.15) is 32.6 Å². The SMILES string of the molecule is CCCCCC[N+]1(F)C(F)=C(F)C(F)=C(F)C1F. The molecule has 0 fully saturated rings. The van der Waals surface area contributed by atoms with Crippen molar-refractivity contribution in [2.45, 2.75) is 38.9 Å². The summed E-state index contributed by atoms with van der Waals surface area (Å²) in [7, 11) is 0. The summed E-state index contributed by atoms with van der Waals surface area (Å²) in [5.74, 6) is -9.11. The molecule has 0 saturated heterocycles. The summed E-state index contributed by atoms with van der Waals surface area (Å²) in [5, 5.41) is 0. The van der Waals surface area contributed by atoms with E-state index in [0.29, 0.717) is 12.8 Å². The molecule has 18 heavy (non-hydrogen) atoms. The molecule has 1 rings (SSSR count). The van der Waals surface area contributed by atoms with Gasteiger partial charge in [-0.3, -0.25) is 0 Å². The van der Waals surface area contributed by atoms with Crippen molar-refractivity contribution in [3.63, 3.8) is 0 Å². The molecular formula is C11H14F6N+. The Bertz CT molecular complexity index is 378. The monoisotopic (exact) mass is 274 g/mol. The fourth-order valence-electron chi connectivity index (χ4n) is 1.72. The lowest BCUT2D eigenvalue weighted by atomic mass is 10.2. The lowest BCUT2D eigenvalue weighted by Gasteiger charge is -2.28. The molecule has 0 N–H and O–H groups in total. The molecule has 1 heterocycles. The topological polar surface area (TPSA) is 0 Å². The maximum absolute atomic E-state index is 13.9. The molecule has 0 saturated carbocycles. The van der Waals surface area contributed by atoms with Gasteiger partial charge in [-0.05, 0) is 11.1 Å². The molecule has 104 valence electrons. The van der Waals surface area contributed by atoms with E-state index in [2.05, 4.69) is 0 Å². The number of quaternary nitrogens is 1. The Morgan fingerprint density at radius 1 is 1.00 bits per heavy atom. The van der Waals surface area contributed by atoms with E-state index < -0.39 is 41.0 Å². The van der Waals surface area contributed by atoms with Gasteiger partial charge in [-0.2, -0.15) is 13.2 Å². The molecule has 0 aliphatic carbocycles. The fourth-order valence-corrected chi connectivity index (χ4v) is 1.72. The highest BCUT2D eigenvalue weighted by atomic mass is 19.2. The third kappa shape index (κ3) is 2.55. The zero-order chi connectivity index (χ0) is 13.9. The maximum atomic E-state index is 13.9. The molecule has 0 bridgehead atoms. The van der Waals surface area contributed by atoms with E-state index >= 15 is 0 Å². The second-order valence-corrected chi connectivity index (χ2v) is 4.16. The van der Waals surface area contributed by atoms with Crippen LogP contribution in [0.4, 0.5) is 26.4 Å². The van der Waals surface area contributed by atoms with E-state index in [1.54, 1.807) is 0 Å². The average Bonchev–Trinajstić information content (AvgIpc) is 2.37. The standard InChI is InChI=1S/C11H14F6N/c1-2-3-4-5-6-18(17)10(15)8(13)7(12)9(14)11(18)16/h10H,2-6H2,1H3/q+1. The molecule has 1 aliphatic heterocycles. The van der Waals surface area contributed by atoms with Crippen molar-refractivity contribution in [1.82, 2.24) is 0 Å². The van der Waals surface area contributed by atoms with E-state index in [9.17, 15) is 26.4 Å². The molecule has 1 nitrogen and oxygen atoms in total. The number of hydrogen-bond acceptors (Lipinski definition) is 0. The van der Waals surface area contributed by atoms with Gasteiger partial charge >= 0.3 is 12.2 Å². The number of nitrogens with zero attached hydrogens (tertiary/aromatic N) is 1. The number of rotatable bonds is 5. The Labute approximate surface area is 101 Å². The van der Waals surface area contributed by atoms with E-state index in [1.807, 2.05) is 6.92 Å². The quantitative estimate of drug-likeness (QED) is 0.291. The lowest BCUT2D eigenvalue weighted by molar-refractivity contribution is -1.06. The first-order valence-corrected chi connectivity index (χ1v) is 5.69. The van der Waals surface area contributed by atoms with Crippen LogP contribution >= 0.6 is 0 Å². The minimum absolute atomic E-state index is 0.0420. The predicted molar refractivity (Wildman–Crippen MR) is 53.8 cm³/mol. The smallest absolute Gasteiger partial charge is 0.200 e. The van der Waals surface area contributed by atoms with Crippen LogP contribution in [-0.4, -0.2) is 17.5 Å². The van der Waals surface area contributed by atoms with Gasteiger partial charge in [0.2, 0.25) is 11.7 Å². The summed E-state index contributed by atoms with van der Waals surface area (Å²) in [6.45, 7) is 1.09. The molecule has 7 heteroatoms. The molecule has 2 atom stereocenters. The van der Waals surface area contributed by atoms with Crippen molar-refractivity contribution in [3.05, 3.63) is 23.4 Å². The number of allylic oxidation sites excluding steroid dienone is 2. The highest BCUT2D eigenvalue weighted by Crippen LogP contribution is 2.42. The highest BCUT2D eigenvalue weighted by Gasteiger charge is 2.55. The predicted octanol–water partition coefficient (Wildman–Crippen LogP) is 4.84. The van der Waals surface area contributed by atoms with Crippen LogP contribution in [0.25, 0.3) is 0 Å². The highest BCUT2D eigenvalue weighted by molar-refractivity contribution is 5.26. The Balaban J connectivity index is 2.87.